The van der Waals surface area contributed by atoms with E-state index in [9.17, 15) is 0 Å². The van der Waals surface area contributed by atoms with Gasteiger partial charge in [0, 0.05) is 5.75 Å². The Balaban J connectivity index is 2.39. The monoisotopic (exact) mass is 278 g/mol. The quantitative estimate of drug-likeness (QED) is 0.723. The molecule has 4 heteroatoms. The predicted octanol–water partition coefficient (Wildman–Crippen LogP) is 5.28. The van der Waals surface area contributed by atoms with E-state index in [1.54, 1.807) is 0 Å². The van der Waals surface area contributed by atoms with E-state index in [1.165, 1.54) is 11.8 Å². The van der Waals surface area contributed by atoms with Crippen LogP contribution in [0.15, 0.2) is 45.3 Å². The molecule has 0 aliphatic rings. The van der Waals surface area contributed by atoms with E-state index in [4.69, 9.17) is 34.8 Å². The second-order valence-electron chi connectivity index (χ2n) is 2.66. The van der Waals surface area contributed by atoms with Crippen molar-refractivity contribution in [2.75, 3.05) is 5.75 Å². The van der Waals surface area contributed by atoms with Crippen LogP contribution >= 0.6 is 46.6 Å². The highest BCUT2D eigenvalue weighted by atomic mass is 35.5. The third-order valence-corrected chi connectivity index (χ3v) is 3.69. The van der Waals surface area contributed by atoms with Crippen molar-refractivity contribution in [3.63, 3.8) is 0 Å². The van der Waals surface area contributed by atoms with Crippen molar-refractivity contribution in [2.45, 2.75) is 0 Å². The molecule has 0 aromatic heterocycles. The fraction of sp³-hybridized carbons (Fsp3) is 0.0909. The second-order valence-corrected chi connectivity index (χ2v) is 5.24. The van der Waals surface area contributed by atoms with Gasteiger partial charge in [-0.15, -0.1) is 11.8 Å². The SMILES string of the molecule is ClC(Cl)=C(Cl)SC/C=C/c1ccccc1. The van der Waals surface area contributed by atoms with Crippen LogP contribution in [0.25, 0.3) is 6.08 Å². The maximum absolute atomic E-state index is 5.74. The standard InChI is InChI=1S/C11H9Cl3S/c12-10(13)11(14)15-8-4-7-9-5-2-1-3-6-9/h1-7H,8H2/b7-4+. The number of halogens is 3. The van der Waals surface area contributed by atoms with Gasteiger partial charge in [0.05, 0.1) is 0 Å². The van der Waals surface area contributed by atoms with E-state index < -0.39 is 0 Å². The van der Waals surface area contributed by atoms with Crippen LogP contribution in [0.5, 0.6) is 0 Å². The van der Waals surface area contributed by atoms with Gasteiger partial charge in [0.2, 0.25) is 0 Å². The minimum absolute atomic E-state index is 0.120. The van der Waals surface area contributed by atoms with Gasteiger partial charge >= 0.3 is 0 Å². The first-order chi connectivity index (χ1) is 7.20. The lowest BCUT2D eigenvalue weighted by molar-refractivity contribution is 1.65. The fourth-order valence-electron chi connectivity index (χ4n) is 0.924. The van der Waals surface area contributed by atoms with Crippen LogP contribution in [0.3, 0.4) is 0 Å². The molecule has 0 radical (unpaired) electrons. The van der Waals surface area contributed by atoms with Crippen molar-refractivity contribution in [1.29, 1.82) is 0 Å². The van der Waals surface area contributed by atoms with Crippen LogP contribution in [0.2, 0.25) is 0 Å². The summed E-state index contributed by atoms with van der Waals surface area (Å²) in [7, 11) is 0. The van der Waals surface area contributed by atoms with E-state index in [-0.39, 0.29) is 4.49 Å². The lowest BCUT2D eigenvalue weighted by atomic mass is 10.2. The molecule has 1 rings (SSSR count). The van der Waals surface area contributed by atoms with Crippen molar-refractivity contribution in [1.82, 2.24) is 0 Å². The van der Waals surface area contributed by atoms with E-state index >= 15 is 0 Å². The van der Waals surface area contributed by atoms with Crippen molar-refractivity contribution < 1.29 is 0 Å². The molecular weight excluding hydrogens is 271 g/mol. The molecule has 0 unspecified atom stereocenters. The summed E-state index contributed by atoms with van der Waals surface area (Å²) in [6, 6.07) is 10.0. The zero-order valence-electron chi connectivity index (χ0n) is 7.79. The van der Waals surface area contributed by atoms with Gasteiger partial charge in [0.25, 0.3) is 0 Å². The molecule has 0 saturated carbocycles. The van der Waals surface area contributed by atoms with Gasteiger partial charge in [-0.1, -0.05) is 77.3 Å². The number of hydrogen-bond donors (Lipinski definition) is 0. The molecule has 0 atom stereocenters. The molecule has 0 heterocycles. The summed E-state index contributed by atoms with van der Waals surface area (Å²) in [5, 5.41) is 0. The molecule has 0 nitrogen and oxygen atoms in total. The highest BCUT2D eigenvalue weighted by Crippen LogP contribution is 2.28. The summed E-state index contributed by atoms with van der Waals surface area (Å²) in [6.45, 7) is 0. The largest absolute Gasteiger partial charge is 0.131 e. The van der Waals surface area contributed by atoms with Gasteiger partial charge in [-0.25, -0.2) is 0 Å². The van der Waals surface area contributed by atoms with Crippen molar-refractivity contribution in [2.24, 2.45) is 0 Å². The van der Waals surface area contributed by atoms with Crippen LogP contribution < -0.4 is 0 Å². The number of benzene rings is 1. The first-order valence-electron chi connectivity index (χ1n) is 4.25. The maximum atomic E-state index is 5.74. The molecule has 1 aromatic carbocycles. The Kier molecular flexibility index (Phi) is 6.26. The zero-order chi connectivity index (χ0) is 11.1. The molecule has 15 heavy (non-hydrogen) atoms. The van der Waals surface area contributed by atoms with Gasteiger partial charge in [0.15, 0.2) is 0 Å². The number of hydrogen-bond acceptors (Lipinski definition) is 1. The van der Waals surface area contributed by atoms with Crippen LogP contribution in [0.4, 0.5) is 0 Å². The normalized spacial score (nSPS) is 10.6. The molecule has 0 spiro atoms. The van der Waals surface area contributed by atoms with Gasteiger partial charge in [-0.3, -0.25) is 0 Å². The number of thioether (sulfide) groups is 1. The Morgan fingerprint density at radius 3 is 2.40 bits per heavy atom. The van der Waals surface area contributed by atoms with Crippen LogP contribution in [0.1, 0.15) is 5.56 Å². The molecule has 0 aliphatic carbocycles. The number of rotatable bonds is 4. The second kappa shape index (κ2) is 7.24. The third-order valence-electron chi connectivity index (χ3n) is 1.56. The molecule has 0 bridgehead atoms. The Morgan fingerprint density at radius 2 is 1.80 bits per heavy atom. The molecular formula is C11H9Cl3S. The Labute approximate surface area is 109 Å². The van der Waals surface area contributed by atoms with Crippen molar-refractivity contribution >= 4 is 52.6 Å². The highest BCUT2D eigenvalue weighted by molar-refractivity contribution is 8.04. The lowest BCUT2D eigenvalue weighted by Crippen LogP contribution is -1.72. The molecule has 0 saturated heterocycles. The summed E-state index contributed by atoms with van der Waals surface area (Å²) in [6.07, 6.45) is 4.04. The van der Waals surface area contributed by atoms with Crippen LogP contribution in [-0.2, 0) is 0 Å². The zero-order valence-corrected chi connectivity index (χ0v) is 10.9. The summed E-state index contributed by atoms with van der Waals surface area (Å²) in [5.41, 5.74) is 1.16. The minimum Gasteiger partial charge on any atom is -0.107 e. The molecule has 1 aromatic rings. The highest BCUT2D eigenvalue weighted by Gasteiger charge is 1.97. The molecule has 0 aliphatic heterocycles. The lowest BCUT2D eigenvalue weighted by Gasteiger charge is -1.95. The van der Waals surface area contributed by atoms with Crippen LogP contribution in [-0.4, -0.2) is 5.75 Å². The Morgan fingerprint density at radius 1 is 1.13 bits per heavy atom. The Hall–Kier alpha value is -0.0800. The smallest absolute Gasteiger partial charge is 0.107 e. The summed E-state index contributed by atoms with van der Waals surface area (Å²) in [4.78, 5) is 0. The first kappa shape index (κ1) is 13.0. The predicted molar refractivity (Wildman–Crippen MR) is 72.5 cm³/mol. The average molecular weight is 280 g/mol. The summed E-state index contributed by atoms with van der Waals surface area (Å²) in [5.74, 6) is 0.747. The topological polar surface area (TPSA) is 0 Å². The van der Waals surface area contributed by atoms with Gasteiger partial charge in [-0.05, 0) is 5.56 Å². The molecule has 0 amide bonds. The molecule has 0 N–H and O–H groups in total. The summed E-state index contributed by atoms with van der Waals surface area (Å²) >= 11 is 18.1. The van der Waals surface area contributed by atoms with E-state index in [2.05, 4.69) is 0 Å². The van der Waals surface area contributed by atoms with E-state index in [0.29, 0.717) is 4.36 Å². The average Bonchev–Trinajstić information content (AvgIpc) is 2.25. The Bertz CT molecular complexity index is 353. The van der Waals surface area contributed by atoms with E-state index in [1.807, 2.05) is 42.5 Å². The third kappa shape index (κ3) is 5.53. The van der Waals surface area contributed by atoms with Crippen molar-refractivity contribution in [3.05, 3.63) is 50.8 Å². The fourth-order valence-corrected chi connectivity index (χ4v) is 1.89. The summed E-state index contributed by atoms with van der Waals surface area (Å²) < 4.78 is 0.547. The van der Waals surface area contributed by atoms with Crippen LogP contribution in [0, 0.1) is 0 Å². The van der Waals surface area contributed by atoms with Crippen molar-refractivity contribution in [3.8, 4) is 0 Å². The minimum atomic E-state index is 0.120. The van der Waals surface area contributed by atoms with Gasteiger partial charge < -0.3 is 0 Å². The van der Waals surface area contributed by atoms with Gasteiger partial charge in [-0.2, -0.15) is 0 Å². The molecule has 80 valence electrons. The molecule has 0 fully saturated rings. The maximum Gasteiger partial charge on any atom is 0.131 e. The van der Waals surface area contributed by atoms with Gasteiger partial charge in [0.1, 0.15) is 8.86 Å². The van der Waals surface area contributed by atoms with E-state index in [0.717, 1.165) is 11.3 Å². The first-order valence-corrected chi connectivity index (χ1v) is 6.37.